The van der Waals surface area contributed by atoms with Gasteiger partial charge in [0.2, 0.25) is 10.0 Å². The second-order valence-electron chi connectivity index (χ2n) is 7.25. The topological polar surface area (TPSA) is 75.3 Å². The molecule has 0 bridgehead atoms. The average Bonchev–Trinajstić information content (AvgIpc) is 2.64. The molecule has 0 heterocycles. The summed E-state index contributed by atoms with van der Waals surface area (Å²) >= 11 is 0. The van der Waals surface area contributed by atoms with E-state index in [-0.39, 0.29) is 16.8 Å². The van der Waals surface area contributed by atoms with Crippen LogP contribution in [0.3, 0.4) is 0 Å². The molecule has 2 aromatic rings. The minimum Gasteiger partial charge on any atom is -0.322 e. The minimum atomic E-state index is -3.64. The number of rotatable bonds is 5. The van der Waals surface area contributed by atoms with Crippen LogP contribution in [0.2, 0.25) is 0 Å². The largest absolute Gasteiger partial charge is 0.322 e. The van der Waals surface area contributed by atoms with Crippen molar-refractivity contribution < 1.29 is 13.2 Å². The Kier molecular flexibility index (Phi) is 5.97. The number of nitrogens with one attached hydrogen (secondary N) is 2. The molecule has 3 rings (SSSR count). The van der Waals surface area contributed by atoms with Crippen LogP contribution in [0.15, 0.2) is 47.4 Å². The Hall–Kier alpha value is -2.18. The van der Waals surface area contributed by atoms with Crippen LogP contribution in [0, 0.1) is 13.8 Å². The number of carbonyl (C=O) groups is 1. The number of anilines is 1. The summed E-state index contributed by atoms with van der Waals surface area (Å²) < 4.78 is 28.3. The van der Waals surface area contributed by atoms with Gasteiger partial charge in [-0.15, -0.1) is 0 Å². The quantitative estimate of drug-likeness (QED) is 0.810. The predicted octanol–water partition coefficient (Wildman–Crippen LogP) is 4.17. The lowest BCUT2D eigenvalue weighted by Crippen LogP contribution is -2.36. The van der Waals surface area contributed by atoms with E-state index in [1.54, 1.807) is 19.1 Å². The molecule has 144 valence electrons. The fraction of sp³-hybridized carbons (Fsp3) is 0.381. The molecule has 0 radical (unpaired) electrons. The Balaban J connectivity index is 1.80. The van der Waals surface area contributed by atoms with Crippen LogP contribution in [0.4, 0.5) is 5.69 Å². The highest BCUT2D eigenvalue weighted by Gasteiger charge is 2.23. The summed E-state index contributed by atoms with van der Waals surface area (Å²) in [6.45, 7) is 3.78. The van der Waals surface area contributed by atoms with Crippen molar-refractivity contribution in [2.24, 2.45) is 0 Å². The highest BCUT2D eigenvalue weighted by atomic mass is 32.2. The summed E-state index contributed by atoms with van der Waals surface area (Å²) in [5.41, 5.74) is 2.88. The molecule has 1 amide bonds. The van der Waals surface area contributed by atoms with Crippen molar-refractivity contribution in [2.45, 2.75) is 56.9 Å². The molecule has 0 spiro atoms. The molecule has 2 aromatic carbocycles. The van der Waals surface area contributed by atoms with Gasteiger partial charge in [-0.2, -0.15) is 0 Å². The van der Waals surface area contributed by atoms with Crippen LogP contribution < -0.4 is 10.0 Å². The van der Waals surface area contributed by atoms with Crippen LogP contribution in [0.25, 0.3) is 0 Å². The van der Waals surface area contributed by atoms with E-state index in [4.69, 9.17) is 0 Å². The lowest BCUT2D eigenvalue weighted by Gasteiger charge is -2.22. The first-order chi connectivity index (χ1) is 12.8. The molecule has 1 saturated carbocycles. The van der Waals surface area contributed by atoms with Crippen LogP contribution in [-0.2, 0) is 10.0 Å². The highest BCUT2D eigenvalue weighted by molar-refractivity contribution is 7.89. The zero-order valence-electron chi connectivity index (χ0n) is 15.8. The maximum Gasteiger partial charge on any atom is 0.255 e. The van der Waals surface area contributed by atoms with Crippen LogP contribution >= 0.6 is 0 Å². The van der Waals surface area contributed by atoms with E-state index in [0.29, 0.717) is 11.3 Å². The van der Waals surface area contributed by atoms with Crippen molar-refractivity contribution in [1.29, 1.82) is 0 Å². The van der Waals surface area contributed by atoms with Crippen LogP contribution in [0.5, 0.6) is 0 Å². The lowest BCUT2D eigenvalue weighted by atomic mass is 9.96. The Morgan fingerprint density at radius 2 is 1.63 bits per heavy atom. The third-order valence-electron chi connectivity index (χ3n) is 5.00. The third-order valence-corrected chi connectivity index (χ3v) is 6.52. The van der Waals surface area contributed by atoms with Gasteiger partial charge in [-0.05, 0) is 56.5 Å². The van der Waals surface area contributed by atoms with Crippen molar-refractivity contribution in [3.63, 3.8) is 0 Å². The summed E-state index contributed by atoms with van der Waals surface area (Å²) in [7, 11) is -3.64. The molecule has 0 aliphatic heterocycles. The molecule has 27 heavy (non-hydrogen) atoms. The molecule has 5 nitrogen and oxygen atoms in total. The van der Waals surface area contributed by atoms with Gasteiger partial charge in [-0.3, -0.25) is 4.79 Å². The fourth-order valence-electron chi connectivity index (χ4n) is 3.36. The van der Waals surface area contributed by atoms with Crippen molar-refractivity contribution in [2.75, 3.05) is 5.32 Å². The smallest absolute Gasteiger partial charge is 0.255 e. The molecular weight excluding hydrogens is 360 g/mol. The molecule has 0 unspecified atom stereocenters. The fourth-order valence-corrected chi connectivity index (χ4v) is 4.69. The number of aryl methyl sites for hydroxylation is 2. The summed E-state index contributed by atoms with van der Waals surface area (Å²) in [5, 5.41) is 2.83. The van der Waals surface area contributed by atoms with E-state index in [0.717, 1.165) is 43.2 Å². The first kappa shape index (κ1) is 19.6. The normalized spacial score (nSPS) is 15.5. The van der Waals surface area contributed by atoms with E-state index in [9.17, 15) is 13.2 Å². The van der Waals surface area contributed by atoms with Crippen molar-refractivity contribution in [3.05, 3.63) is 59.2 Å². The summed E-state index contributed by atoms with van der Waals surface area (Å²) in [6.07, 6.45) is 4.99. The van der Waals surface area contributed by atoms with Gasteiger partial charge in [-0.25, -0.2) is 13.1 Å². The molecule has 0 atom stereocenters. The van der Waals surface area contributed by atoms with Gasteiger partial charge in [0.15, 0.2) is 0 Å². The molecule has 0 saturated heterocycles. The Morgan fingerprint density at radius 1 is 0.963 bits per heavy atom. The summed E-state index contributed by atoms with van der Waals surface area (Å²) in [6, 6.07) is 12.2. The minimum absolute atomic E-state index is 0.0186. The maximum absolute atomic E-state index is 12.7. The average molecular weight is 387 g/mol. The standard InChI is InChI=1S/C21H26N2O3S/c1-15-8-11-17(12-9-15)22-21(24)20-14-19(13-10-16(20)2)27(25,26)23-18-6-4-3-5-7-18/h8-14,18,23H,3-7H2,1-2H3,(H,22,24). The van der Waals surface area contributed by atoms with Crippen molar-refractivity contribution in [3.8, 4) is 0 Å². The zero-order valence-corrected chi connectivity index (χ0v) is 16.6. The van der Waals surface area contributed by atoms with Crippen molar-refractivity contribution in [1.82, 2.24) is 4.72 Å². The lowest BCUT2D eigenvalue weighted by molar-refractivity contribution is 0.102. The van der Waals surface area contributed by atoms with Gasteiger partial charge in [0.1, 0.15) is 0 Å². The van der Waals surface area contributed by atoms with E-state index < -0.39 is 10.0 Å². The first-order valence-corrected chi connectivity index (χ1v) is 10.8. The molecule has 0 aromatic heterocycles. The SMILES string of the molecule is Cc1ccc(NC(=O)c2cc(S(=O)(=O)NC3CCCCC3)ccc2C)cc1. The molecule has 2 N–H and O–H groups in total. The third kappa shape index (κ3) is 4.96. The van der Waals surface area contributed by atoms with Crippen molar-refractivity contribution >= 4 is 21.6 Å². The monoisotopic (exact) mass is 386 g/mol. The number of amides is 1. The Labute approximate surface area is 161 Å². The van der Waals surface area contributed by atoms with E-state index in [1.807, 2.05) is 31.2 Å². The van der Waals surface area contributed by atoms with Gasteiger partial charge in [0.25, 0.3) is 5.91 Å². The van der Waals surface area contributed by atoms with E-state index >= 15 is 0 Å². The van der Waals surface area contributed by atoms with E-state index in [1.165, 1.54) is 6.07 Å². The Bertz CT molecular complexity index is 915. The molecule has 1 aliphatic carbocycles. The van der Waals surface area contributed by atoms with Crippen LogP contribution in [-0.4, -0.2) is 20.4 Å². The number of hydrogen-bond donors (Lipinski definition) is 2. The number of hydrogen-bond acceptors (Lipinski definition) is 3. The summed E-state index contributed by atoms with van der Waals surface area (Å²) in [5.74, 6) is -0.314. The first-order valence-electron chi connectivity index (χ1n) is 9.36. The molecular formula is C21H26N2O3S. The molecule has 6 heteroatoms. The van der Waals surface area contributed by atoms with Gasteiger partial charge < -0.3 is 5.32 Å². The second-order valence-corrected chi connectivity index (χ2v) is 8.97. The maximum atomic E-state index is 12.7. The van der Waals surface area contributed by atoms with Gasteiger partial charge in [0, 0.05) is 17.3 Å². The van der Waals surface area contributed by atoms with Gasteiger partial charge in [0.05, 0.1) is 4.90 Å². The number of carbonyl (C=O) groups excluding carboxylic acids is 1. The molecule has 1 fully saturated rings. The predicted molar refractivity (Wildman–Crippen MR) is 108 cm³/mol. The zero-order chi connectivity index (χ0) is 19.4. The summed E-state index contributed by atoms with van der Waals surface area (Å²) in [4.78, 5) is 12.8. The van der Waals surface area contributed by atoms with Crippen LogP contribution in [0.1, 0.15) is 53.6 Å². The number of benzene rings is 2. The number of sulfonamides is 1. The highest BCUT2D eigenvalue weighted by Crippen LogP contribution is 2.22. The van der Waals surface area contributed by atoms with Gasteiger partial charge >= 0.3 is 0 Å². The van der Waals surface area contributed by atoms with E-state index in [2.05, 4.69) is 10.0 Å². The second kappa shape index (κ2) is 8.23. The molecule has 1 aliphatic rings. The Morgan fingerprint density at radius 3 is 2.30 bits per heavy atom. The van der Waals surface area contributed by atoms with Gasteiger partial charge in [-0.1, -0.05) is 43.0 Å².